The summed E-state index contributed by atoms with van der Waals surface area (Å²) >= 11 is 0. The van der Waals surface area contributed by atoms with Gasteiger partial charge in [0.15, 0.2) is 0 Å². The van der Waals surface area contributed by atoms with Gasteiger partial charge >= 0.3 is 18.0 Å². The summed E-state index contributed by atoms with van der Waals surface area (Å²) in [6, 6.07) is 13.3. The zero-order valence-electron chi connectivity index (χ0n) is 16.6. The highest BCUT2D eigenvalue weighted by atomic mass is 16.7. The smallest absolute Gasteiger partial charge is 0.460 e. The normalized spacial score (nSPS) is 10.4. The molecule has 8 nitrogen and oxygen atoms in total. The van der Waals surface area contributed by atoms with E-state index in [-0.39, 0.29) is 13.2 Å². The Labute approximate surface area is 174 Å². The van der Waals surface area contributed by atoms with Crippen molar-refractivity contribution in [3.05, 3.63) is 80.2 Å². The minimum absolute atomic E-state index is 0.269. The number of aromatic nitrogens is 1. The van der Waals surface area contributed by atoms with Crippen LogP contribution in [0.5, 0.6) is 0 Å². The summed E-state index contributed by atoms with van der Waals surface area (Å²) in [5.41, 5.74) is 0.738. The number of carbonyl (C=O) groups excluding carboxylic acids is 3. The fraction of sp³-hybridized carbons (Fsp3) is 0.182. The number of pyridine rings is 1. The van der Waals surface area contributed by atoms with Crippen LogP contribution in [0.3, 0.4) is 0 Å². The lowest BCUT2D eigenvalue weighted by atomic mass is 10.1. The van der Waals surface area contributed by atoms with E-state index in [0.29, 0.717) is 0 Å². The maximum absolute atomic E-state index is 12.3. The van der Waals surface area contributed by atoms with E-state index in [0.717, 1.165) is 23.3 Å². The number of amides is 1. The van der Waals surface area contributed by atoms with E-state index in [2.05, 4.69) is 18.5 Å². The lowest BCUT2D eigenvalue weighted by Gasteiger charge is -2.27. The molecule has 0 radical (unpaired) electrons. The van der Waals surface area contributed by atoms with Gasteiger partial charge in [0, 0.05) is 29.0 Å². The molecule has 2 aromatic rings. The van der Waals surface area contributed by atoms with Crippen molar-refractivity contribution >= 4 is 18.0 Å². The predicted molar refractivity (Wildman–Crippen MR) is 108 cm³/mol. The molecule has 0 aliphatic rings. The third-order valence-corrected chi connectivity index (χ3v) is 3.90. The van der Waals surface area contributed by atoms with E-state index in [1.807, 2.05) is 30.3 Å². The molecule has 0 spiro atoms. The molecule has 8 heteroatoms. The van der Waals surface area contributed by atoms with Gasteiger partial charge in [-0.05, 0) is 18.1 Å². The van der Waals surface area contributed by atoms with Gasteiger partial charge in [-0.15, -0.1) is 0 Å². The Hall–Kier alpha value is -3.94. The summed E-state index contributed by atoms with van der Waals surface area (Å²) < 4.78 is 11.2. The van der Waals surface area contributed by atoms with Crippen molar-refractivity contribution < 1.29 is 33.4 Å². The van der Waals surface area contributed by atoms with Crippen LogP contribution in [0.2, 0.25) is 0 Å². The first-order valence-electron chi connectivity index (χ1n) is 9.01. The molecule has 30 heavy (non-hydrogen) atoms. The van der Waals surface area contributed by atoms with Gasteiger partial charge in [0.05, 0.1) is 0 Å². The summed E-state index contributed by atoms with van der Waals surface area (Å²) in [6.45, 7) is 7.61. The predicted octanol–water partition coefficient (Wildman–Crippen LogP) is 2.00. The standard InChI is InChI=1S/C22H22N2O6/c1-4-19(25)28-15-22(3,16-29-20(26)5-2)23-21(27)30-24-13-11-18(12-14-24)17-9-7-6-8-10-17/h4-14H,1-2,15-16H2,3H3/p+1. The van der Waals surface area contributed by atoms with Crippen molar-refractivity contribution in [3.8, 4) is 11.1 Å². The molecular weight excluding hydrogens is 388 g/mol. The van der Waals surface area contributed by atoms with E-state index in [1.54, 1.807) is 24.5 Å². The van der Waals surface area contributed by atoms with Gasteiger partial charge in [-0.1, -0.05) is 43.5 Å². The van der Waals surface area contributed by atoms with E-state index in [9.17, 15) is 14.4 Å². The maximum Gasteiger partial charge on any atom is 0.476 e. The molecule has 1 N–H and O–H groups in total. The Morgan fingerprint density at radius 2 is 1.43 bits per heavy atom. The topological polar surface area (TPSA) is 94.8 Å². The first-order valence-corrected chi connectivity index (χ1v) is 9.01. The molecule has 1 heterocycles. The lowest BCUT2D eigenvalue weighted by Crippen LogP contribution is -2.59. The molecule has 0 unspecified atom stereocenters. The van der Waals surface area contributed by atoms with Crippen LogP contribution in [0.25, 0.3) is 11.1 Å². The van der Waals surface area contributed by atoms with Crippen molar-refractivity contribution in [3.63, 3.8) is 0 Å². The summed E-state index contributed by atoms with van der Waals surface area (Å²) in [4.78, 5) is 40.3. The summed E-state index contributed by atoms with van der Waals surface area (Å²) in [5.74, 6) is -1.37. The largest absolute Gasteiger partial charge is 0.476 e. The van der Waals surface area contributed by atoms with Crippen molar-refractivity contribution in [1.82, 2.24) is 5.32 Å². The van der Waals surface area contributed by atoms with Crippen molar-refractivity contribution in [2.45, 2.75) is 12.5 Å². The van der Waals surface area contributed by atoms with E-state index >= 15 is 0 Å². The van der Waals surface area contributed by atoms with Crippen LogP contribution >= 0.6 is 0 Å². The Bertz CT molecular complexity index is 885. The quantitative estimate of drug-likeness (QED) is 0.385. The molecule has 1 aromatic heterocycles. The third-order valence-electron chi connectivity index (χ3n) is 3.90. The van der Waals surface area contributed by atoms with Crippen LogP contribution in [-0.4, -0.2) is 36.8 Å². The van der Waals surface area contributed by atoms with E-state index in [4.69, 9.17) is 14.3 Å². The van der Waals surface area contributed by atoms with Crippen LogP contribution in [0.1, 0.15) is 6.92 Å². The third kappa shape index (κ3) is 6.90. The molecule has 156 valence electrons. The van der Waals surface area contributed by atoms with Crippen molar-refractivity contribution in [2.24, 2.45) is 0 Å². The second-order valence-corrected chi connectivity index (χ2v) is 6.50. The summed E-state index contributed by atoms with van der Waals surface area (Å²) in [7, 11) is 0. The fourth-order valence-corrected chi connectivity index (χ4v) is 2.35. The lowest BCUT2D eigenvalue weighted by molar-refractivity contribution is -0.868. The van der Waals surface area contributed by atoms with Crippen molar-refractivity contribution in [1.29, 1.82) is 0 Å². The highest BCUT2D eigenvalue weighted by molar-refractivity contribution is 5.82. The molecule has 1 amide bonds. The average Bonchev–Trinajstić information content (AvgIpc) is 2.77. The van der Waals surface area contributed by atoms with E-state index < -0.39 is 23.6 Å². The molecule has 0 fully saturated rings. The highest BCUT2D eigenvalue weighted by Gasteiger charge is 2.32. The van der Waals surface area contributed by atoms with Crippen LogP contribution in [0, 0.1) is 0 Å². The molecule has 0 bridgehead atoms. The van der Waals surface area contributed by atoms with Crippen molar-refractivity contribution in [2.75, 3.05) is 13.2 Å². The number of benzene rings is 1. The Kier molecular flexibility index (Phi) is 7.87. The van der Waals surface area contributed by atoms with Gasteiger partial charge in [0.1, 0.15) is 18.8 Å². The van der Waals surface area contributed by atoms with Gasteiger partial charge in [0.2, 0.25) is 12.4 Å². The van der Waals surface area contributed by atoms with Gasteiger partial charge < -0.3 is 14.8 Å². The highest BCUT2D eigenvalue weighted by Crippen LogP contribution is 2.16. The van der Waals surface area contributed by atoms with Crippen LogP contribution in [0.4, 0.5) is 4.79 Å². The fourth-order valence-electron chi connectivity index (χ4n) is 2.35. The molecule has 0 saturated heterocycles. The Morgan fingerprint density at radius 3 is 1.93 bits per heavy atom. The second kappa shape index (κ2) is 10.6. The molecule has 0 aliphatic heterocycles. The number of rotatable bonds is 9. The number of carbonyl (C=O) groups is 3. The Morgan fingerprint density at radius 1 is 0.933 bits per heavy atom. The number of hydrogen-bond acceptors (Lipinski definition) is 6. The van der Waals surface area contributed by atoms with Gasteiger partial charge in [-0.25, -0.2) is 14.4 Å². The van der Waals surface area contributed by atoms with Gasteiger partial charge in [0.25, 0.3) is 0 Å². The Balaban J connectivity index is 2.02. The zero-order valence-corrected chi connectivity index (χ0v) is 16.6. The number of nitrogens with zero attached hydrogens (tertiary/aromatic N) is 1. The summed E-state index contributed by atoms with van der Waals surface area (Å²) in [5, 5.41) is 2.54. The molecule has 0 aliphatic carbocycles. The molecule has 0 saturated carbocycles. The zero-order chi connectivity index (χ0) is 22.0. The molecular formula is C22H23N2O6+. The van der Waals surface area contributed by atoms with Crippen LogP contribution in [-0.2, 0) is 19.1 Å². The number of ether oxygens (including phenoxy) is 2. The SMILES string of the molecule is C=CC(=O)OCC(C)(COC(=O)C=C)NC(=O)O[n+]1ccc(-c2ccccc2)cc1. The number of hydrogen-bond donors (Lipinski definition) is 1. The monoisotopic (exact) mass is 411 g/mol. The molecule has 1 aromatic carbocycles. The van der Waals surface area contributed by atoms with Crippen LogP contribution < -0.4 is 14.9 Å². The molecule has 0 atom stereocenters. The maximum atomic E-state index is 12.3. The first-order chi connectivity index (χ1) is 14.3. The minimum Gasteiger partial charge on any atom is -0.460 e. The van der Waals surface area contributed by atoms with Crippen LogP contribution in [0.15, 0.2) is 80.2 Å². The van der Waals surface area contributed by atoms with Gasteiger partial charge in [-0.3, -0.25) is 0 Å². The average molecular weight is 411 g/mol. The first kappa shape index (κ1) is 22.4. The minimum atomic E-state index is -1.24. The number of nitrogens with one attached hydrogen (secondary N) is 1. The van der Waals surface area contributed by atoms with Gasteiger partial charge in [-0.2, -0.15) is 4.84 Å². The second-order valence-electron chi connectivity index (χ2n) is 6.50. The number of esters is 2. The van der Waals surface area contributed by atoms with E-state index in [1.165, 1.54) is 11.7 Å². The summed E-state index contributed by atoms with van der Waals surface area (Å²) in [6.07, 6.45) is 4.29. The molecule has 2 rings (SSSR count).